The molecule has 12 heavy (non-hydrogen) atoms. The van der Waals surface area contributed by atoms with Crippen LogP contribution in [-0.4, -0.2) is 21.9 Å². The molecule has 0 fully saturated rings. The average Bonchev–Trinajstić information content (AvgIpc) is 1.80. The normalized spacial score (nSPS) is 15.9. The lowest BCUT2D eigenvalue weighted by molar-refractivity contribution is 0.0361. The fourth-order valence-electron chi connectivity index (χ4n) is 0.857. The van der Waals surface area contributed by atoms with Crippen molar-refractivity contribution in [1.82, 2.24) is 0 Å². The van der Waals surface area contributed by atoms with Gasteiger partial charge >= 0.3 is 0 Å². The van der Waals surface area contributed by atoms with Crippen molar-refractivity contribution in [2.45, 2.75) is 46.3 Å². The zero-order valence-electron chi connectivity index (χ0n) is 8.68. The first kappa shape index (κ1) is 11.7. The molecule has 0 aliphatic heterocycles. The van der Waals surface area contributed by atoms with Gasteiger partial charge in [0.2, 0.25) is 0 Å². The van der Waals surface area contributed by atoms with Crippen LogP contribution in [0.1, 0.15) is 34.6 Å². The fourth-order valence-corrected chi connectivity index (χ4v) is 0.857. The van der Waals surface area contributed by atoms with E-state index in [1.807, 2.05) is 20.8 Å². The summed E-state index contributed by atoms with van der Waals surface area (Å²) in [7, 11) is 0. The number of aliphatic hydroxyl groups is 2. The second kappa shape index (κ2) is 3.19. The van der Waals surface area contributed by atoms with Crippen LogP contribution in [0.15, 0.2) is 12.2 Å². The molecule has 72 valence electrons. The van der Waals surface area contributed by atoms with Crippen molar-refractivity contribution >= 4 is 0 Å². The SMILES string of the molecule is C=C(C(O)C(C)(C)C)C(C)(C)O. The lowest BCUT2D eigenvalue weighted by Gasteiger charge is -2.33. The highest BCUT2D eigenvalue weighted by Gasteiger charge is 2.31. The Morgan fingerprint density at radius 1 is 1.17 bits per heavy atom. The predicted molar refractivity (Wildman–Crippen MR) is 50.9 cm³/mol. The predicted octanol–water partition coefficient (Wildman–Crippen LogP) is 1.72. The second-order valence-corrected chi connectivity index (χ2v) is 4.85. The van der Waals surface area contributed by atoms with E-state index in [4.69, 9.17) is 0 Å². The maximum atomic E-state index is 9.73. The van der Waals surface area contributed by atoms with Gasteiger partial charge in [0, 0.05) is 0 Å². The Morgan fingerprint density at radius 2 is 1.50 bits per heavy atom. The van der Waals surface area contributed by atoms with Gasteiger partial charge in [0.05, 0.1) is 11.7 Å². The van der Waals surface area contributed by atoms with Crippen molar-refractivity contribution in [2.75, 3.05) is 0 Å². The van der Waals surface area contributed by atoms with Crippen LogP contribution in [0.2, 0.25) is 0 Å². The zero-order chi connectivity index (χ0) is 10.2. The standard InChI is InChI=1S/C10H20O2/c1-7(10(5,6)12)8(11)9(2,3)4/h8,11-12H,1H2,2-6H3. The van der Waals surface area contributed by atoms with Crippen molar-refractivity contribution in [3.05, 3.63) is 12.2 Å². The van der Waals surface area contributed by atoms with Crippen molar-refractivity contribution < 1.29 is 10.2 Å². The van der Waals surface area contributed by atoms with Gasteiger partial charge in [-0.3, -0.25) is 0 Å². The molecule has 0 aliphatic carbocycles. The minimum absolute atomic E-state index is 0.267. The van der Waals surface area contributed by atoms with E-state index >= 15 is 0 Å². The highest BCUT2D eigenvalue weighted by molar-refractivity contribution is 5.16. The molecule has 2 N–H and O–H groups in total. The third kappa shape index (κ3) is 2.95. The molecule has 1 atom stereocenters. The highest BCUT2D eigenvalue weighted by Crippen LogP contribution is 2.29. The fraction of sp³-hybridized carbons (Fsp3) is 0.800. The van der Waals surface area contributed by atoms with Gasteiger partial charge in [-0.25, -0.2) is 0 Å². The van der Waals surface area contributed by atoms with Gasteiger partial charge in [0.15, 0.2) is 0 Å². The summed E-state index contributed by atoms with van der Waals surface area (Å²) < 4.78 is 0. The molecular formula is C10H20O2. The monoisotopic (exact) mass is 172 g/mol. The van der Waals surface area contributed by atoms with Crippen LogP contribution in [-0.2, 0) is 0 Å². The number of rotatable bonds is 2. The number of hydrogen-bond donors (Lipinski definition) is 2. The van der Waals surface area contributed by atoms with E-state index in [2.05, 4.69) is 6.58 Å². The summed E-state index contributed by atoms with van der Waals surface area (Å²) in [6, 6.07) is 0. The van der Waals surface area contributed by atoms with Gasteiger partial charge in [-0.05, 0) is 24.8 Å². The Hall–Kier alpha value is -0.340. The van der Waals surface area contributed by atoms with Crippen molar-refractivity contribution in [3.63, 3.8) is 0 Å². The van der Waals surface area contributed by atoms with E-state index in [0.29, 0.717) is 5.57 Å². The molecule has 0 bridgehead atoms. The van der Waals surface area contributed by atoms with Crippen molar-refractivity contribution in [3.8, 4) is 0 Å². The van der Waals surface area contributed by atoms with Crippen LogP contribution in [0.25, 0.3) is 0 Å². The van der Waals surface area contributed by atoms with Gasteiger partial charge < -0.3 is 10.2 Å². The molecule has 2 nitrogen and oxygen atoms in total. The second-order valence-electron chi connectivity index (χ2n) is 4.85. The molecule has 0 radical (unpaired) electrons. The lowest BCUT2D eigenvalue weighted by atomic mass is 9.80. The first-order chi connectivity index (χ1) is 5.07. The zero-order valence-corrected chi connectivity index (χ0v) is 8.68. The minimum Gasteiger partial charge on any atom is -0.388 e. The summed E-state index contributed by atoms with van der Waals surface area (Å²) in [6.45, 7) is 12.7. The molecule has 0 aromatic heterocycles. The van der Waals surface area contributed by atoms with E-state index in [-0.39, 0.29) is 5.41 Å². The first-order valence-electron chi connectivity index (χ1n) is 4.16. The minimum atomic E-state index is -1.01. The Bertz CT molecular complexity index is 169. The van der Waals surface area contributed by atoms with Crippen LogP contribution >= 0.6 is 0 Å². The van der Waals surface area contributed by atoms with E-state index in [0.717, 1.165) is 0 Å². The molecule has 0 spiro atoms. The van der Waals surface area contributed by atoms with E-state index in [1.54, 1.807) is 13.8 Å². The topological polar surface area (TPSA) is 40.5 Å². The molecular weight excluding hydrogens is 152 g/mol. The highest BCUT2D eigenvalue weighted by atomic mass is 16.3. The van der Waals surface area contributed by atoms with Crippen LogP contribution in [0.3, 0.4) is 0 Å². The molecule has 1 unspecified atom stereocenters. The smallest absolute Gasteiger partial charge is 0.0823 e. The maximum Gasteiger partial charge on any atom is 0.0823 e. The van der Waals surface area contributed by atoms with E-state index in [1.165, 1.54) is 0 Å². The summed E-state index contributed by atoms with van der Waals surface area (Å²) in [6.07, 6.45) is -0.669. The van der Waals surface area contributed by atoms with E-state index < -0.39 is 11.7 Å². The van der Waals surface area contributed by atoms with E-state index in [9.17, 15) is 10.2 Å². The molecule has 0 aromatic rings. The molecule has 0 aliphatic rings. The molecule has 0 rings (SSSR count). The van der Waals surface area contributed by atoms with Gasteiger partial charge in [0.1, 0.15) is 0 Å². The average molecular weight is 172 g/mol. The Morgan fingerprint density at radius 3 is 1.58 bits per heavy atom. The Balaban J connectivity index is 4.53. The summed E-state index contributed by atoms with van der Waals surface area (Å²) in [4.78, 5) is 0. The maximum absolute atomic E-state index is 9.73. The Kier molecular flexibility index (Phi) is 3.10. The first-order valence-corrected chi connectivity index (χ1v) is 4.16. The van der Waals surface area contributed by atoms with Crippen LogP contribution in [0.4, 0.5) is 0 Å². The summed E-state index contributed by atoms with van der Waals surface area (Å²) in [5.41, 5.74) is -0.806. The summed E-state index contributed by atoms with van der Waals surface area (Å²) in [5, 5.41) is 19.3. The molecule has 2 heteroatoms. The molecule has 0 heterocycles. The van der Waals surface area contributed by atoms with Crippen LogP contribution < -0.4 is 0 Å². The molecule has 0 aromatic carbocycles. The molecule has 0 amide bonds. The third-order valence-corrected chi connectivity index (χ3v) is 1.94. The quantitative estimate of drug-likeness (QED) is 0.623. The van der Waals surface area contributed by atoms with Gasteiger partial charge in [-0.2, -0.15) is 0 Å². The summed E-state index contributed by atoms with van der Waals surface area (Å²) >= 11 is 0. The molecule has 0 saturated heterocycles. The van der Waals surface area contributed by atoms with Crippen molar-refractivity contribution in [1.29, 1.82) is 0 Å². The van der Waals surface area contributed by atoms with Gasteiger partial charge in [0.25, 0.3) is 0 Å². The Labute approximate surface area is 74.9 Å². The lowest BCUT2D eigenvalue weighted by Crippen LogP contribution is -2.37. The summed E-state index contributed by atoms with van der Waals surface area (Å²) in [5.74, 6) is 0. The third-order valence-electron chi connectivity index (χ3n) is 1.94. The number of hydrogen-bond acceptors (Lipinski definition) is 2. The van der Waals surface area contributed by atoms with Crippen LogP contribution in [0.5, 0.6) is 0 Å². The number of aliphatic hydroxyl groups excluding tert-OH is 1. The largest absolute Gasteiger partial charge is 0.388 e. The molecule has 0 saturated carbocycles. The van der Waals surface area contributed by atoms with Gasteiger partial charge in [-0.15, -0.1) is 0 Å². The van der Waals surface area contributed by atoms with Crippen molar-refractivity contribution in [2.24, 2.45) is 5.41 Å². The van der Waals surface area contributed by atoms with Gasteiger partial charge in [-0.1, -0.05) is 27.4 Å². The van der Waals surface area contributed by atoms with Crippen LogP contribution in [0, 0.1) is 5.41 Å².